The van der Waals surface area contributed by atoms with Crippen LogP contribution in [-0.4, -0.2) is 27.0 Å². The van der Waals surface area contributed by atoms with Crippen molar-refractivity contribution in [1.29, 1.82) is 0 Å². The number of hydrogen-bond donors (Lipinski definition) is 3. The number of hydrogen-bond acceptors (Lipinski definition) is 3. The number of carboxylic acid groups (broad SMARTS) is 1. The Bertz CT molecular complexity index is 369. The van der Waals surface area contributed by atoms with E-state index in [1.165, 1.54) is 0 Å². The van der Waals surface area contributed by atoms with Crippen molar-refractivity contribution in [3.8, 4) is 0 Å². The Balaban J connectivity index is 1.87. The second-order valence-electron chi connectivity index (χ2n) is 4.21. The Kier molecular flexibility index (Phi) is 2.98. The van der Waals surface area contributed by atoms with Gasteiger partial charge < -0.3 is 16.2 Å². The Hall–Kier alpha value is -1.72. The van der Waals surface area contributed by atoms with Gasteiger partial charge in [-0.1, -0.05) is 0 Å². The van der Waals surface area contributed by atoms with Crippen LogP contribution in [0.3, 0.4) is 0 Å². The van der Waals surface area contributed by atoms with Crippen LogP contribution in [-0.2, 0) is 0 Å². The number of nitrogens with two attached hydrogens (primary N) is 1. The summed E-state index contributed by atoms with van der Waals surface area (Å²) >= 11 is 0. The third-order valence-electron chi connectivity index (χ3n) is 3.02. The number of nitrogens with one attached hydrogen (secondary N) is 1. The topological polar surface area (TPSA) is 93.2 Å². The van der Waals surface area contributed by atoms with E-state index in [1.807, 2.05) is 10.9 Å². The highest BCUT2D eigenvalue weighted by molar-refractivity contribution is 5.64. The van der Waals surface area contributed by atoms with Gasteiger partial charge in [0.2, 0.25) is 0 Å². The van der Waals surface area contributed by atoms with Crippen LogP contribution in [0.25, 0.3) is 0 Å². The van der Waals surface area contributed by atoms with Crippen molar-refractivity contribution in [3.05, 3.63) is 12.4 Å². The minimum absolute atomic E-state index is 0.0849. The first-order valence-corrected chi connectivity index (χ1v) is 5.44. The summed E-state index contributed by atoms with van der Waals surface area (Å²) in [6.45, 7) is 0. The predicted molar refractivity (Wildman–Crippen MR) is 59.1 cm³/mol. The van der Waals surface area contributed by atoms with Crippen LogP contribution in [0.4, 0.5) is 10.5 Å². The molecule has 0 aliphatic heterocycles. The summed E-state index contributed by atoms with van der Waals surface area (Å²) in [5.74, 6) is 0. The first-order valence-electron chi connectivity index (χ1n) is 5.44. The van der Waals surface area contributed by atoms with Crippen molar-refractivity contribution in [2.75, 3.05) is 5.73 Å². The highest BCUT2D eigenvalue weighted by Gasteiger charge is 2.23. The number of anilines is 1. The van der Waals surface area contributed by atoms with Crippen molar-refractivity contribution in [3.63, 3.8) is 0 Å². The molecule has 1 fully saturated rings. The van der Waals surface area contributed by atoms with Crippen molar-refractivity contribution in [1.82, 2.24) is 15.1 Å². The second-order valence-corrected chi connectivity index (χ2v) is 4.21. The van der Waals surface area contributed by atoms with Crippen LogP contribution in [0.5, 0.6) is 0 Å². The lowest BCUT2D eigenvalue weighted by Crippen LogP contribution is -2.37. The quantitative estimate of drug-likeness (QED) is 0.704. The molecule has 1 heterocycles. The lowest BCUT2D eigenvalue weighted by atomic mass is 9.91. The largest absolute Gasteiger partial charge is 0.465 e. The molecule has 1 aliphatic rings. The Morgan fingerprint density at radius 2 is 2.19 bits per heavy atom. The second kappa shape index (κ2) is 4.42. The van der Waals surface area contributed by atoms with Crippen LogP contribution in [0.15, 0.2) is 12.4 Å². The molecule has 0 bridgehead atoms. The highest BCUT2D eigenvalue weighted by Crippen LogP contribution is 2.28. The summed E-state index contributed by atoms with van der Waals surface area (Å²) in [6.07, 6.45) is 6.12. The normalized spacial score (nSPS) is 25.2. The van der Waals surface area contributed by atoms with Gasteiger partial charge in [0.25, 0.3) is 0 Å². The maximum Gasteiger partial charge on any atom is 0.404 e. The van der Waals surface area contributed by atoms with E-state index in [0.29, 0.717) is 11.7 Å². The molecular formula is C10H16N4O2. The zero-order valence-corrected chi connectivity index (χ0v) is 8.97. The molecule has 1 aromatic rings. The molecule has 1 aliphatic carbocycles. The molecule has 4 N–H and O–H groups in total. The van der Waals surface area contributed by atoms with Gasteiger partial charge in [0.05, 0.1) is 17.9 Å². The van der Waals surface area contributed by atoms with E-state index < -0.39 is 6.09 Å². The number of aromatic nitrogens is 2. The first-order chi connectivity index (χ1) is 7.65. The third kappa shape index (κ3) is 2.44. The van der Waals surface area contributed by atoms with E-state index in [0.717, 1.165) is 25.7 Å². The maximum absolute atomic E-state index is 10.5. The van der Waals surface area contributed by atoms with E-state index >= 15 is 0 Å². The van der Waals surface area contributed by atoms with Crippen molar-refractivity contribution >= 4 is 11.8 Å². The van der Waals surface area contributed by atoms with E-state index in [4.69, 9.17) is 10.8 Å². The summed E-state index contributed by atoms with van der Waals surface area (Å²) in [4.78, 5) is 10.5. The molecule has 2 rings (SSSR count). The van der Waals surface area contributed by atoms with Crippen molar-refractivity contribution in [2.45, 2.75) is 37.8 Å². The van der Waals surface area contributed by atoms with Crippen LogP contribution in [0.2, 0.25) is 0 Å². The zero-order valence-electron chi connectivity index (χ0n) is 8.97. The first kappa shape index (κ1) is 10.8. The van der Waals surface area contributed by atoms with E-state index in [2.05, 4.69) is 10.4 Å². The lowest BCUT2D eigenvalue weighted by Gasteiger charge is -2.28. The molecule has 88 valence electrons. The summed E-state index contributed by atoms with van der Waals surface area (Å²) in [5.41, 5.74) is 6.28. The van der Waals surface area contributed by atoms with Gasteiger partial charge in [-0.05, 0) is 25.7 Å². The minimum Gasteiger partial charge on any atom is -0.465 e. The fraction of sp³-hybridized carbons (Fsp3) is 0.600. The van der Waals surface area contributed by atoms with Crippen LogP contribution < -0.4 is 11.1 Å². The molecule has 0 aromatic carbocycles. The number of carbonyl (C=O) groups is 1. The highest BCUT2D eigenvalue weighted by atomic mass is 16.4. The number of rotatable bonds is 2. The van der Waals surface area contributed by atoms with Gasteiger partial charge in [0, 0.05) is 12.2 Å². The average Bonchev–Trinajstić information content (AvgIpc) is 2.65. The molecule has 0 spiro atoms. The van der Waals surface area contributed by atoms with Gasteiger partial charge in [0.15, 0.2) is 0 Å². The van der Waals surface area contributed by atoms with Gasteiger partial charge in [-0.25, -0.2) is 4.79 Å². The Labute approximate surface area is 93.4 Å². The molecule has 16 heavy (non-hydrogen) atoms. The standard InChI is InChI=1S/C10H16N4O2/c11-7-5-12-14(6-7)9-3-1-8(2-4-9)13-10(15)16/h5-6,8-9,13H,1-4,11H2,(H,15,16). The van der Waals surface area contributed by atoms with E-state index in [1.54, 1.807) is 6.20 Å². The van der Waals surface area contributed by atoms with Gasteiger partial charge in [-0.3, -0.25) is 4.68 Å². The van der Waals surface area contributed by atoms with Crippen LogP contribution in [0, 0.1) is 0 Å². The average molecular weight is 224 g/mol. The molecule has 0 atom stereocenters. The minimum atomic E-state index is -0.938. The fourth-order valence-corrected chi connectivity index (χ4v) is 2.21. The third-order valence-corrected chi connectivity index (χ3v) is 3.02. The Morgan fingerprint density at radius 1 is 1.50 bits per heavy atom. The van der Waals surface area contributed by atoms with Gasteiger partial charge >= 0.3 is 6.09 Å². The molecule has 6 heteroatoms. The maximum atomic E-state index is 10.5. The number of amides is 1. The number of nitrogens with zero attached hydrogens (tertiary/aromatic N) is 2. The van der Waals surface area contributed by atoms with E-state index in [-0.39, 0.29) is 6.04 Å². The fourth-order valence-electron chi connectivity index (χ4n) is 2.21. The van der Waals surface area contributed by atoms with Gasteiger partial charge in [-0.15, -0.1) is 0 Å². The summed E-state index contributed by atoms with van der Waals surface area (Å²) in [5, 5.41) is 15.3. The predicted octanol–water partition coefficient (Wildman–Crippen LogP) is 1.22. The van der Waals surface area contributed by atoms with Gasteiger partial charge in [-0.2, -0.15) is 5.10 Å². The van der Waals surface area contributed by atoms with Crippen molar-refractivity contribution < 1.29 is 9.90 Å². The van der Waals surface area contributed by atoms with Crippen molar-refractivity contribution in [2.24, 2.45) is 0 Å². The van der Waals surface area contributed by atoms with Gasteiger partial charge in [0.1, 0.15) is 0 Å². The lowest BCUT2D eigenvalue weighted by molar-refractivity contribution is 0.182. The SMILES string of the molecule is Nc1cnn(C2CCC(NC(=O)O)CC2)c1. The zero-order chi connectivity index (χ0) is 11.5. The summed E-state index contributed by atoms with van der Waals surface area (Å²) in [7, 11) is 0. The molecule has 1 saturated carbocycles. The summed E-state index contributed by atoms with van der Waals surface area (Å²) in [6, 6.07) is 0.436. The number of nitrogen functional groups attached to an aromatic ring is 1. The van der Waals surface area contributed by atoms with E-state index in [9.17, 15) is 4.79 Å². The molecule has 0 unspecified atom stereocenters. The molecule has 1 amide bonds. The molecule has 1 aromatic heterocycles. The Morgan fingerprint density at radius 3 is 2.69 bits per heavy atom. The molecule has 6 nitrogen and oxygen atoms in total. The van der Waals surface area contributed by atoms with Crippen LogP contribution >= 0.6 is 0 Å². The van der Waals surface area contributed by atoms with Crippen LogP contribution in [0.1, 0.15) is 31.7 Å². The molecular weight excluding hydrogens is 208 g/mol. The molecule has 0 radical (unpaired) electrons. The smallest absolute Gasteiger partial charge is 0.404 e. The monoisotopic (exact) mass is 224 g/mol. The molecule has 0 saturated heterocycles. The summed E-state index contributed by atoms with van der Waals surface area (Å²) < 4.78 is 1.88.